The smallest absolute Gasteiger partial charge is 0.306 e. The third kappa shape index (κ3) is 3.24. The Balaban J connectivity index is 1.82. The van der Waals surface area contributed by atoms with E-state index < -0.39 is 5.97 Å². The Hall–Kier alpha value is -1.87. The third-order valence-corrected chi connectivity index (χ3v) is 4.27. The van der Waals surface area contributed by atoms with Gasteiger partial charge in [-0.15, -0.1) is 0 Å². The minimum Gasteiger partial charge on any atom is -0.481 e. The van der Waals surface area contributed by atoms with Gasteiger partial charge in [0.2, 0.25) is 0 Å². The van der Waals surface area contributed by atoms with Crippen LogP contribution in [0, 0.1) is 5.92 Å². The van der Waals surface area contributed by atoms with Crippen LogP contribution in [0.5, 0.6) is 0 Å². The van der Waals surface area contributed by atoms with Crippen molar-refractivity contribution in [2.24, 2.45) is 5.92 Å². The van der Waals surface area contributed by atoms with Gasteiger partial charge in [-0.3, -0.25) is 4.79 Å². The van der Waals surface area contributed by atoms with Crippen LogP contribution in [-0.4, -0.2) is 23.8 Å². The van der Waals surface area contributed by atoms with E-state index >= 15 is 0 Å². The summed E-state index contributed by atoms with van der Waals surface area (Å²) in [4.78, 5) is 11.6. The van der Waals surface area contributed by atoms with Crippen molar-refractivity contribution in [1.29, 1.82) is 0 Å². The Kier molecular flexibility index (Phi) is 4.20. The zero-order chi connectivity index (χ0) is 14.7. The summed E-state index contributed by atoms with van der Waals surface area (Å²) in [5.41, 5.74) is 1.11. The molecule has 3 heteroatoms. The van der Waals surface area contributed by atoms with Gasteiger partial charge in [0.15, 0.2) is 0 Å². The molecule has 2 unspecified atom stereocenters. The summed E-state index contributed by atoms with van der Waals surface area (Å²) < 4.78 is 5.60. The van der Waals surface area contributed by atoms with Gasteiger partial charge >= 0.3 is 5.97 Å². The van der Waals surface area contributed by atoms with Crippen LogP contribution in [0.3, 0.4) is 0 Å². The molecule has 1 heterocycles. The quantitative estimate of drug-likeness (QED) is 0.911. The molecule has 2 aromatic carbocycles. The first-order valence-electron chi connectivity index (χ1n) is 7.55. The van der Waals surface area contributed by atoms with Gasteiger partial charge < -0.3 is 9.84 Å². The molecule has 3 rings (SSSR count). The second-order valence-corrected chi connectivity index (χ2v) is 5.75. The SMILES string of the molecule is O=C(O)C(Cc1cccc2ccccc12)CC1CCCO1. The fourth-order valence-corrected chi connectivity index (χ4v) is 3.15. The molecule has 1 aliphatic rings. The van der Waals surface area contributed by atoms with Gasteiger partial charge in [0.05, 0.1) is 12.0 Å². The van der Waals surface area contributed by atoms with Crippen molar-refractivity contribution < 1.29 is 14.6 Å². The summed E-state index contributed by atoms with van der Waals surface area (Å²) in [6.45, 7) is 0.769. The zero-order valence-corrected chi connectivity index (χ0v) is 12.0. The summed E-state index contributed by atoms with van der Waals surface area (Å²) in [5.74, 6) is -1.10. The van der Waals surface area contributed by atoms with Crippen LogP contribution in [0.15, 0.2) is 42.5 Å². The first-order chi connectivity index (χ1) is 10.2. The number of hydrogen-bond donors (Lipinski definition) is 1. The van der Waals surface area contributed by atoms with Gasteiger partial charge in [-0.1, -0.05) is 42.5 Å². The molecular weight excluding hydrogens is 264 g/mol. The largest absolute Gasteiger partial charge is 0.481 e. The summed E-state index contributed by atoms with van der Waals surface area (Å²) >= 11 is 0. The third-order valence-electron chi connectivity index (χ3n) is 4.27. The molecule has 1 saturated heterocycles. The van der Waals surface area contributed by atoms with Gasteiger partial charge in [-0.2, -0.15) is 0 Å². The van der Waals surface area contributed by atoms with E-state index in [-0.39, 0.29) is 12.0 Å². The molecule has 2 atom stereocenters. The second kappa shape index (κ2) is 6.27. The Bertz CT molecular complexity index is 624. The number of carboxylic acid groups (broad SMARTS) is 1. The predicted octanol–water partition coefficient (Wildman–Crippen LogP) is 3.65. The summed E-state index contributed by atoms with van der Waals surface area (Å²) in [7, 11) is 0. The molecule has 0 aliphatic carbocycles. The number of carboxylic acids is 1. The van der Waals surface area contributed by atoms with Crippen molar-refractivity contribution in [3.63, 3.8) is 0 Å². The van der Waals surface area contributed by atoms with Gasteiger partial charge in [0.25, 0.3) is 0 Å². The van der Waals surface area contributed by atoms with Crippen molar-refractivity contribution in [2.45, 2.75) is 31.8 Å². The summed E-state index contributed by atoms with van der Waals surface area (Å²) in [6.07, 6.45) is 3.32. The molecule has 21 heavy (non-hydrogen) atoms. The minimum atomic E-state index is -0.724. The Labute approximate surface area is 124 Å². The molecule has 1 N–H and O–H groups in total. The lowest BCUT2D eigenvalue weighted by Gasteiger charge is -2.17. The van der Waals surface area contributed by atoms with E-state index in [4.69, 9.17) is 4.74 Å². The number of benzene rings is 2. The first kappa shape index (κ1) is 14.1. The van der Waals surface area contributed by atoms with Crippen LogP contribution in [0.2, 0.25) is 0 Å². The molecule has 0 amide bonds. The monoisotopic (exact) mass is 284 g/mol. The maximum Gasteiger partial charge on any atom is 0.306 e. The van der Waals surface area contributed by atoms with Crippen LogP contribution in [0.1, 0.15) is 24.8 Å². The topological polar surface area (TPSA) is 46.5 Å². The Morgan fingerprint density at radius 2 is 2.05 bits per heavy atom. The number of carbonyl (C=O) groups is 1. The minimum absolute atomic E-state index is 0.112. The first-order valence-corrected chi connectivity index (χ1v) is 7.55. The van der Waals surface area contributed by atoms with Crippen molar-refractivity contribution in [3.05, 3.63) is 48.0 Å². The molecule has 0 radical (unpaired) electrons. The second-order valence-electron chi connectivity index (χ2n) is 5.75. The normalized spacial score (nSPS) is 19.7. The van der Waals surface area contributed by atoms with Crippen LogP contribution < -0.4 is 0 Å². The van der Waals surface area contributed by atoms with Gasteiger partial charge in [-0.05, 0) is 42.0 Å². The molecule has 110 valence electrons. The molecule has 0 saturated carbocycles. The Morgan fingerprint density at radius 1 is 1.24 bits per heavy atom. The fraction of sp³-hybridized carbons (Fsp3) is 0.389. The molecule has 1 aliphatic heterocycles. The van der Waals surface area contributed by atoms with Gasteiger partial charge in [-0.25, -0.2) is 0 Å². The molecule has 0 aromatic heterocycles. The van der Waals surface area contributed by atoms with E-state index in [1.165, 1.54) is 0 Å². The molecule has 0 spiro atoms. The Morgan fingerprint density at radius 3 is 2.81 bits per heavy atom. The van der Waals surface area contributed by atoms with E-state index in [0.717, 1.165) is 35.8 Å². The number of rotatable bonds is 5. The van der Waals surface area contributed by atoms with Crippen molar-refractivity contribution >= 4 is 16.7 Å². The van der Waals surface area contributed by atoms with Crippen molar-refractivity contribution in [2.75, 3.05) is 6.61 Å². The molecule has 2 aromatic rings. The summed E-state index contributed by atoms with van der Waals surface area (Å²) in [5, 5.41) is 11.8. The van der Waals surface area contributed by atoms with E-state index in [9.17, 15) is 9.90 Å². The van der Waals surface area contributed by atoms with Crippen LogP contribution in [-0.2, 0) is 16.0 Å². The number of hydrogen-bond acceptors (Lipinski definition) is 2. The fourth-order valence-electron chi connectivity index (χ4n) is 3.15. The highest BCUT2D eigenvalue weighted by Gasteiger charge is 2.26. The van der Waals surface area contributed by atoms with Crippen LogP contribution >= 0.6 is 0 Å². The van der Waals surface area contributed by atoms with Gasteiger partial charge in [0, 0.05) is 6.61 Å². The molecule has 3 nitrogen and oxygen atoms in total. The lowest BCUT2D eigenvalue weighted by atomic mass is 9.90. The number of fused-ring (bicyclic) bond motifs is 1. The molecule has 1 fully saturated rings. The van der Waals surface area contributed by atoms with E-state index in [0.29, 0.717) is 12.8 Å². The lowest BCUT2D eigenvalue weighted by Crippen LogP contribution is -2.22. The van der Waals surface area contributed by atoms with Crippen LogP contribution in [0.25, 0.3) is 10.8 Å². The zero-order valence-electron chi connectivity index (χ0n) is 12.0. The number of ether oxygens (including phenoxy) is 1. The summed E-state index contributed by atoms with van der Waals surface area (Å²) in [6, 6.07) is 14.2. The maximum atomic E-state index is 11.6. The van der Waals surface area contributed by atoms with E-state index in [2.05, 4.69) is 18.2 Å². The van der Waals surface area contributed by atoms with E-state index in [1.807, 2.05) is 24.3 Å². The number of aliphatic carboxylic acids is 1. The van der Waals surface area contributed by atoms with Crippen molar-refractivity contribution in [3.8, 4) is 0 Å². The average Bonchev–Trinajstić information content (AvgIpc) is 3.00. The predicted molar refractivity (Wildman–Crippen MR) is 82.4 cm³/mol. The molecule has 0 bridgehead atoms. The van der Waals surface area contributed by atoms with Gasteiger partial charge in [0.1, 0.15) is 0 Å². The van der Waals surface area contributed by atoms with Crippen molar-refractivity contribution in [1.82, 2.24) is 0 Å². The highest BCUT2D eigenvalue weighted by atomic mass is 16.5. The highest BCUT2D eigenvalue weighted by Crippen LogP contribution is 2.26. The average molecular weight is 284 g/mol. The van der Waals surface area contributed by atoms with E-state index in [1.54, 1.807) is 0 Å². The standard InChI is InChI=1S/C18H20O3/c19-18(20)15(12-16-8-4-10-21-16)11-14-7-3-6-13-5-1-2-9-17(13)14/h1-3,5-7,9,15-16H,4,8,10-12H2,(H,19,20). The highest BCUT2D eigenvalue weighted by molar-refractivity contribution is 5.86. The molecular formula is C18H20O3. The lowest BCUT2D eigenvalue weighted by molar-refractivity contribution is -0.142. The maximum absolute atomic E-state index is 11.6. The van der Waals surface area contributed by atoms with Crippen LogP contribution in [0.4, 0.5) is 0 Å².